The van der Waals surface area contributed by atoms with Gasteiger partial charge in [0.15, 0.2) is 0 Å². The molecule has 0 atom stereocenters. The van der Waals surface area contributed by atoms with Gasteiger partial charge in [-0.2, -0.15) is 0 Å². The number of hydrogen-bond donors (Lipinski definition) is 0. The Labute approximate surface area is 206 Å². The minimum atomic E-state index is 1.12. The maximum Gasteiger partial charge on any atom is 0.0366 e. The largest absolute Gasteiger partial charge is 0.372 e. The zero-order valence-electron chi connectivity index (χ0n) is 20.5. The molecule has 0 saturated heterocycles. The molecular formula is C30H44BrN. The predicted molar refractivity (Wildman–Crippen MR) is 148 cm³/mol. The first-order valence-electron chi connectivity index (χ1n) is 13.0. The number of rotatable bonds is 17. The molecule has 0 fully saturated rings. The summed E-state index contributed by atoms with van der Waals surface area (Å²) in [5.74, 6) is 0. The topological polar surface area (TPSA) is 3.24 Å². The van der Waals surface area contributed by atoms with Crippen molar-refractivity contribution in [1.29, 1.82) is 0 Å². The van der Waals surface area contributed by atoms with Crippen molar-refractivity contribution in [3.8, 4) is 0 Å². The van der Waals surface area contributed by atoms with Crippen LogP contribution in [0.3, 0.4) is 0 Å². The number of benzene rings is 2. The van der Waals surface area contributed by atoms with Crippen LogP contribution in [-0.4, -0.2) is 13.1 Å². The second-order valence-corrected chi connectivity index (χ2v) is 9.91. The average Bonchev–Trinajstić information content (AvgIpc) is 2.82. The van der Waals surface area contributed by atoms with E-state index in [1.165, 1.54) is 107 Å². The molecule has 0 radical (unpaired) electrons. The van der Waals surface area contributed by atoms with Gasteiger partial charge in [0.2, 0.25) is 0 Å². The van der Waals surface area contributed by atoms with Crippen LogP contribution in [0.2, 0.25) is 0 Å². The van der Waals surface area contributed by atoms with Gasteiger partial charge in [-0.1, -0.05) is 130 Å². The van der Waals surface area contributed by atoms with Crippen LogP contribution in [0.1, 0.15) is 102 Å². The lowest BCUT2D eigenvalue weighted by atomic mass is 10.1. The first-order chi connectivity index (χ1) is 15.7. The summed E-state index contributed by atoms with van der Waals surface area (Å²) in [6.07, 6.45) is 20.7. The van der Waals surface area contributed by atoms with E-state index in [0.717, 1.165) is 4.47 Å². The molecule has 1 nitrogen and oxygen atoms in total. The summed E-state index contributed by atoms with van der Waals surface area (Å²) >= 11 is 3.50. The summed E-state index contributed by atoms with van der Waals surface area (Å²) < 4.78 is 1.12. The number of anilines is 1. The normalized spacial score (nSPS) is 11.3. The Morgan fingerprint density at radius 1 is 0.562 bits per heavy atom. The van der Waals surface area contributed by atoms with E-state index in [1.807, 2.05) is 0 Å². The van der Waals surface area contributed by atoms with Gasteiger partial charge in [-0.15, -0.1) is 0 Å². The summed E-state index contributed by atoms with van der Waals surface area (Å²) in [6, 6.07) is 17.6. The molecule has 0 spiro atoms. The summed E-state index contributed by atoms with van der Waals surface area (Å²) in [5, 5.41) is 0. The number of hydrogen-bond acceptors (Lipinski definition) is 1. The van der Waals surface area contributed by atoms with Crippen molar-refractivity contribution < 1.29 is 0 Å². The summed E-state index contributed by atoms with van der Waals surface area (Å²) in [6.45, 7) is 6.96. The fourth-order valence-corrected chi connectivity index (χ4v) is 4.36. The van der Waals surface area contributed by atoms with E-state index in [4.69, 9.17) is 0 Å². The van der Waals surface area contributed by atoms with Crippen molar-refractivity contribution in [2.45, 2.75) is 90.9 Å². The van der Waals surface area contributed by atoms with Gasteiger partial charge in [0.05, 0.1) is 0 Å². The molecule has 0 heterocycles. The molecule has 2 aromatic rings. The van der Waals surface area contributed by atoms with Crippen LogP contribution in [0.5, 0.6) is 0 Å². The summed E-state index contributed by atoms with van der Waals surface area (Å²) in [7, 11) is 0. The van der Waals surface area contributed by atoms with E-state index in [-0.39, 0.29) is 0 Å². The van der Waals surface area contributed by atoms with Crippen LogP contribution in [-0.2, 0) is 0 Å². The molecule has 0 aliphatic rings. The highest BCUT2D eigenvalue weighted by Crippen LogP contribution is 2.20. The third kappa shape index (κ3) is 11.4. The molecule has 176 valence electrons. The van der Waals surface area contributed by atoms with E-state index in [1.54, 1.807) is 0 Å². The van der Waals surface area contributed by atoms with Gasteiger partial charge >= 0.3 is 0 Å². The maximum absolute atomic E-state index is 3.50. The van der Waals surface area contributed by atoms with Crippen LogP contribution >= 0.6 is 15.9 Å². The van der Waals surface area contributed by atoms with Gasteiger partial charge in [0, 0.05) is 23.2 Å². The highest BCUT2D eigenvalue weighted by Gasteiger charge is 2.06. The Hall–Kier alpha value is -1.54. The molecule has 0 aromatic heterocycles. The van der Waals surface area contributed by atoms with Gasteiger partial charge in [-0.25, -0.2) is 0 Å². The lowest BCUT2D eigenvalue weighted by Gasteiger charge is -2.25. The minimum Gasteiger partial charge on any atom is -0.372 e. The Kier molecular flexibility index (Phi) is 14.2. The highest BCUT2D eigenvalue weighted by atomic mass is 79.9. The zero-order chi connectivity index (χ0) is 22.9. The molecule has 0 aliphatic carbocycles. The maximum atomic E-state index is 3.50. The molecule has 0 unspecified atom stereocenters. The van der Waals surface area contributed by atoms with Gasteiger partial charge in [0.25, 0.3) is 0 Å². The molecule has 0 saturated carbocycles. The number of nitrogens with zero attached hydrogens (tertiary/aromatic N) is 1. The van der Waals surface area contributed by atoms with Crippen molar-refractivity contribution in [2.24, 2.45) is 0 Å². The minimum absolute atomic E-state index is 1.12. The molecule has 2 rings (SSSR count). The van der Waals surface area contributed by atoms with Crippen LogP contribution in [0.15, 0.2) is 53.0 Å². The van der Waals surface area contributed by atoms with Crippen molar-refractivity contribution >= 4 is 33.8 Å². The molecular weight excluding hydrogens is 454 g/mol. The predicted octanol–water partition coefficient (Wildman–Crippen LogP) is 10.1. The monoisotopic (exact) mass is 497 g/mol. The number of unbranched alkanes of at least 4 members (excludes halogenated alkanes) is 10. The second-order valence-electron chi connectivity index (χ2n) is 9.00. The Morgan fingerprint density at radius 3 is 1.44 bits per heavy atom. The van der Waals surface area contributed by atoms with Crippen LogP contribution in [0.25, 0.3) is 12.2 Å². The lowest BCUT2D eigenvalue weighted by molar-refractivity contribution is 0.575. The third-order valence-corrected chi connectivity index (χ3v) is 6.69. The average molecular weight is 499 g/mol. The summed E-state index contributed by atoms with van der Waals surface area (Å²) in [5.41, 5.74) is 3.87. The Morgan fingerprint density at radius 2 is 0.969 bits per heavy atom. The number of halogens is 1. The van der Waals surface area contributed by atoms with Crippen LogP contribution in [0.4, 0.5) is 5.69 Å². The third-order valence-electron chi connectivity index (χ3n) is 6.16. The van der Waals surface area contributed by atoms with E-state index in [0.29, 0.717) is 0 Å². The highest BCUT2D eigenvalue weighted by molar-refractivity contribution is 9.10. The van der Waals surface area contributed by atoms with Crippen LogP contribution < -0.4 is 4.90 Å². The quantitative estimate of drug-likeness (QED) is 0.155. The SMILES string of the molecule is CCCCCCCCN(CCCCCCCC)c1ccc(C=Cc2ccc(Br)cc2)cc1. The van der Waals surface area contributed by atoms with E-state index < -0.39 is 0 Å². The first kappa shape index (κ1) is 26.7. The molecule has 2 heteroatoms. The van der Waals surface area contributed by atoms with Gasteiger partial charge in [0.1, 0.15) is 0 Å². The fourth-order valence-electron chi connectivity index (χ4n) is 4.10. The van der Waals surface area contributed by atoms with Crippen molar-refractivity contribution in [2.75, 3.05) is 18.0 Å². The molecule has 0 bridgehead atoms. The van der Waals surface area contributed by atoms with E-state index in [9.17, 15) is 0 Å². The van der Waals surface area contributed by atoms with E-state index in [2.05, 4.69) is 95.4 Å². The second kappa shape index (κ2) is 17.0. The van der Waals surface area contributed by atoms with Crippen molar-refractivity contribution in [3.63, 3.8) is 0 Å². The zero-order valence-corrected chi connectivity index (χ0v) is 22.1. The molecule has 32 heavy (non-hydrogen) atoms. The lowest BCUT2D eigenvalue weighted by Crippen LogP contribution is -2.25. The summed E-state index contributed by atoms with van der Waals surface area (Å²) in [4.78, 5) is 2.63. The smallest absolute Gasteiger partial charge is 0.0366 e. The van der Waals surface area contributed by atoms with E-state index >= 15 is 0 Å². The van der Waals surface area contributed by atoms with Gasteiger partial charge < -0.3 is 4.90 Å². The Bertz CT molecular complexity index is 716. The fraction of sp³-hybridized carbons (Fsp3) is 0.533. The van der Waals surface area contributed by atoms with Gasteiger partial charge in [-0.3, -0.25) is 0 Å². The standard InChI is InChI=1S/C30H44BrN/c1-3-5-7-9-11-13-25-32(26-14-12-10-8-6-4-2)30-23-19-28(20-24-30)16-15-27-17-21-29(31)22-18-27/h15-24H,3-14,25-26H2,1-2H3. The van der Waals surface area contributed by atoms with Gasteiger partial charge in [-0.05, 0) is 48.2 Å². The van der Waals surface area contributed by atoms with Crippen molar-refractivity contribution in [1.82, 2.24) is 0 Å². The molecule has 2 aromatic carbocycles. The first-order valence-corrected chi connectivity index (χ1v) is 13.8. The van der Waals surface area contributed by atoms with Crippen LogP contribution in [0, 0.1) is 0 Å². The molecule has 0 N–H and O–H groups in total. The molecule has 0 amide bonds. The Balaban J connectivity index is 1.89. The van der Waals surface area contributed by atoms with Crippen molar-refractivity contribution in [3.05, 3.63) is 64.1 Å². The molecule has 0 aliphatic heterocycles.